The van der Waals surface area contributed by atoms with Gasteiger partial charge in [0.05, 0.1) is 12.7 Å². The van der Waals surface area contributed by atoms with E-state index in [1.165, 1.54) is 0 Å². The maximum absolute atomic E-state index is 13.2. The number of rotatable bonds is 9. The molecule has 39 heavy (non-hydrogen) atoms. The molecule has 1 atom stereocenters. The number of halogens is 2. The van der Waals surface area contributed by atoms with Crippen LogP contribution in [-0.2, 0) is 20.4 Å². The molecule has 0 radical (unpaired) electrons. The Morgan fingerprint density at radius 1 is 0.821 bits per heavy atom. The zero-order valence-electron chi connectivity index (χ0n) is 22.4. The van der Waals surface area contributed by atoms with Crippen molar-refractivity contribution in [3.63, 3.8) is 0 Å². The highest BCUT2D eigenvalue weighted by Crippen LogP contribution is 2.43. The lowest BCUT2D eigenvalue weighted by molar-refractivity contribution is 0.0506. The lowest BCUT2D eigenvalue weighted by Crippen LogP contribution is -2.69. The van der Waals surface area contributed by atoms with Crippen molar-refractivity contribution in [3.05, 3.63) is 119 Å². The van der Waals surface area contributed by atoms with Crippen molar-refractivity contribution in [1.82, 2.24) is 0 Å². The largest absolute Gasteiger partial charge is 0.533 e. The summed E-state index contributed by atoms with van der Waals surface area (Å²) < 4.78 is 39.5. The highest BCUT2D eigenvalue weighted by Gasteiger charge is 2.52. The van der Waals surface area contributed by atoms with Crippen LogP contribution in [-0.4, -0.2) is 16.7 Å². The van der Waals surface area contributed by atoms with Gasteiger partial charge in [0.25, 0.3) is 9.05 Å². The van der Waals surface area contributed by atoms with Gasteiger partial charge in [-0.05, 0) is 40.0 Å². The average Bonchev–Trinajstić information content (AvgIpc) is 2.90. The van der Waals surface area contributed by atoms with Crippen LogP contribution in [0.15, 0.2) is 108 Å². The van der Waals surface area contributed by atoms with Gasteiger partial charge in [-0.25, -0.2) is 8.42 Å². The maximum Gasteiger partial charge on any atom is 0.320 e. The fourth-order valence-corrected chi connectivity index (χ4v) is 11.0. The average molecular weight is 600 g/mol. The molecule has 4 aromatic rings. The number of ether oxygens (including phenoxy) is 1. The van der Waals surface area contributed by atoms with Crippen LogP contribution in [0.1, 0.15) is 44.9 Å². The van der Waals surface area contributed by atoms with E-state index in [9.17, 15) is 8.42 Å². The van der Waals surface area contributed by atoms with Crippen molar-refractivity contribution in [2.45, 2.75) is 50.3 Å². The molecule has 0 fully saturated rings. The zero-order valence-corrected chi connectivity index (χ0v) is 25.7. The second kappa shape index (κ2) is 11.9. The zero-order chi connectivity index (χ0) is 28.3. The summed E-state index contributed by atoms with van der Waals surface area (Å²) in [5.41, 5.74) is 1.31. The van der Waals surface area contributed by atoms with Gasteiger partial charge in [0, 0.05) is 21.3 Å². The van der Waals surface area contributed by atoms with Gasteiger partial charge in [-0.15, -0.1) is 0 Å². The van der Waals surface area contributed by atoms with E-state index in [2.05, 4.69) is 20.8 Å². The lowest BCUT2D eigenvalue weighted by atomic mass is 10.1. The van der Waals surface area contributed by atoms with Crippen molar-refractivity contribution < 1.29 is 17.6 Å². The first-order valence-electron chi connectivity index (χ1n) is 12.7. The molecule has 0 amide bonds. The van der Waals surface area contributed by atoms with Gasteiger partial charge in [-0.1, -0.05) is 123 Å². The lowest BCUT2D eigenvalue weighted by Gasteiger charge is -2.43. The Hall–Kier alpha value is -2.61. The van der Waals surface area contributed by atoms with Gasteiger partial charge in [0.15, 0.2) is 0 Å². The summed E-state index contributed by atoms with van der Waals surface area (Å²) in [6.07, 6.45) is -0.631. The second-order valence-corrected chi connectivity index (χ2v) is 17.6. The molecule has 1 unspecified atom stereocenters. The Bertz CT molecular complexity index is 1470. The number of benzene rings is 4. The molecular weight excluding hydrogens is 567 g/mol. The van der Waals surface area contributed by atoms with E-state index < -0.39 is 28.5 Å². The number of hydrogen-bond donors (Lipinski definition) is 0. The van der Waals surface area contributed by atoms with Crippen LogP contribution >= 0.6 is 22.3 Å². The standard InChI is InChI=1S/C31H32Cl2O4SSi/c1-23(36-22-24-14-8-5-9-15-24)28-20-25(32)21-29(30(28)38(33,34)35)37-39(31(2,3)4,26-16-10-6-11-17-26)27-18-12-7-13-19-27/h5-21,23H,22H2,1-4H3. The van der Waals surface area contributed by atoms with E-state index in [1.54, 1.807) is 19.1 Å². The smallest absolute Gasteiger partial charge is 0.320 e. The summed E-state index contributed by atoms with van der Waals surface area (Å²) in [6.45, 7) is 8.43. The van der Waals surface area contributed by atoms with Crippen LogP contribution in [0.3, 0.4) is 0 Å². The molecule has 0 aliphatic carbocycles. The third-order valence-corrected chi connectivity index (χ3v) is 13.3. The van der Waals surface area contributed by atoms with E-state index in [1.807, 2.05) is 91.0 Å². The molecule has 0 saturated carbocycles. The van der Waals surface area contributed by atoms with Crippen LogP contribution < -0.4 is 14.8 Å². The molecule has 4 nitrogen and oxygen atoms in total. The van der Waals surface area contributed by atoms with E-state index in [4.69, 9.17) is 31.4 Å². The van der Waals surface area contributed by atoms with Crippen molar-refractivity contribution in [2.24, 2.45) is 0 Å². The Labute approximate surface area is 242 Å². The SMILES string of the molecule is CC(OCc1ccccc1)c1cc(Cl)cc(O[Si](c2ccccc2)(c2ccccc2)C(C)(C)C)c1S(=O)(=O)Cl. The Morgan fingerprint density at radius 3 is 1.77 bits per heavy atom. The van der Waals surface area contributed by atoms with Crippen molar-refractivity contribution in [3.8, 4) is 5.75 Å². The van der Waals surface area contributed by atoms with Gasteiger partial charge in [0.1, 0.15) is 10.6 Å². The summed E-state index contributed by atoms with van der Waals surface area (Å²) >= 11 is 6.61. The minimum Gasteiger partial charge on any atom is -0.533 e. The highest BCUT2D eigenvalue weighted by atomic mass is 35.7. The van der Waals surface area contributed by atoms with Crippen LogP contribution in [0.2, 0.25) is 10.1 Å². The fourth-order valence-electron chi connectivity index (χ4n) is 4.93. The van der Waals surface area contributed by atoms with Gasteiger partial charge in [-0.2, -0.15) is 0 Å². The molecule has 0 aliphatic heterocycles. The summed E-state index contributed by atoms with van der Waals surface area (Å²) in [4.78, 5) is -0.123. The molecular formula is C31H32Cl2O4SSi. The third kappa shape index (κ3) is 6.42. The third-order valence-electron chi connectivity index (χ3n) is 6.75. The Morgan fingerprint density at radius 2 is 1.31 bits per heavy atom. The highest BCUT2D eigenvalue weighted by molar-refractivity contribution is 8.13. The molecule has 0 aliphatic rings. The first-order chi connectivity index (χ1) is 18.4. The Balaban J connectivity index is 1.91. The van der Waals surface area contributed by atoms with E-state index >= 15 is 0 Å². The molecule has 0 heterocycles. The van der Waals surface area contributed by atoms with Crippen LogP contribution in [0.5, 0.6) is 5.75 Å². The summed E-state index contributed by atoms with van der Waals surface area (Å²) in [5, 5.41) is 1.92. The maximum atomic E-state index is 13.2. The van der Waals surface area contributed by atoms with Gasteiger partial charge >= 0.3 is 8.32 Å². The normalized spacial score (nSPS) is 13.2. The van der Waals surface area contributed by atoms with E-state index in [-0.39, 0.29) is 10.6 Å². The molecule has 0 spiro atoms. The first-order valence-corrected chi connectivity index (χ1v) is 17.3. The fraction of sp³-hybridized carbons (Fsp3) is 0.226. The molecule has 0 N–H and O–H groups in total. The van der Waals surface area contributed by atoms with Crippen LogP contribution in [0.25, 0.3) is 0 Å². The van der Waals surface area contributed by atoms with Gasteiger partial charge < -0.3 is 9.16 Å². The number of hydrogen-bond acceptors (Lipinski definition) is 4. The Kier molecular flexibility index (Phi) is 8.94. The monoisotopic (exact) mass is 598 g/mol. The van der Waals surface area contributed by atoms with Gasteiger partial charge in [-0.3, -0.25) is 0 Å². The summed E-state index contributed by atoms with van der Waals surface area (Å²) in [5.74, 6) is 0.122. The van der Waals surface area contributed by atoms with Crippen molar-refractivity contribution in [2.75, 3.05) is 0 Å². The quantitative estimate of drug-likeness (QED) is 0.148. The predicted octanol–water partition coefficient (Wildman–Crippen LogP) is 7.48. The minimum absolute atomic E-state index is 0.122. The van der Waals surface area contributed by atoms with E-state index in [0.29, 0.717) is 17.2 Å². The molecule has 4 rings (SSSR count). The molecule has 0 saturated heterocycles. The minimum atomic E-state index is -4.26. The van der Waals surface area contributed by atoms with E-state index in [0.717, 1.165) is 15.9 Å². The van der Waals surface area contributed by atoms with Crippen LogP contribution in [0, 0.1) is 0 Å². The topological polar surface area (TPSA) is 52.6 Å². The van der Waals surface area contributed by atoms with Crippen molar-refractivity contribution in [1.29, 1.82) is 0 Å². The molecule has 0 bridgehead atoms. The second-order valence-electron chi connectivity index (χ2n) is 10.5. The summed E-state index contributed by atoms with van der Waals surface area (Å²) in [7, 11) is -1.31. The first kappa shape index (κ1) is 29.4. The predicted molar refractivity (Wildman–Crippen MR) is 162 cm³/mol. The molecule has 8 heteroatoms. The molecule has 204 valence electrons. The van der Waals surface area contributed by atoms with Gasteiger partial charge in [0.2, 0.25) is 0 Å². The molecule has 0 aromatic heterocycles. The summed E-state index contributed by atoms with van der Waals surface area (Å²) in [6, 6.07) is 32.7. The van der Waals surface area contributed by atoms with Crippen molar-refractivity contribution >= 4 is 50.0 Å². The van der Waals surface area contributed by atoms with Crippen LogP contribution in [0.4, 0.5) is 0 Å². The molecule has 4 aromatic carbocycles.